The van der Waals surface area contributed by atoms with Crippen LogP contribution in [0.3, 0.4) is 0 Å². The molecule has 0 bridgehead atoms. The first kappa shape index (κ1) is 24.7. The van der Waals surface area contributed by atoms with E-state index in [9.17, 15) is 24.0 Å². The first-order chi connectivity index (χ1) is 12.5. The number of carbonyl (C=O) groups is 5. The number of rotatable bonds is 12. The average Bonchev–Trinajstić information content (AvgIpc) is 2.59. The third-order valence-electron chi connectivity index (χ3n) is 3.53. The van der Waals surface area contributed by atoms with E-state index < -0.39 is 60.8 Å². The van der Waals surface area contributed by atoms with Crippen molar-refractivity contribution in [2.75, 3.05) is 12.3 Å². The topological polar surface area (TPSA) is 188 Å². The highest BCUT2D eigenvalue weighted by Crippen LogP contribution is 2.04. The smallest absolute Gasteiger partial charge is 0.322 e. The van der Waals surface area contributed by atoms with Gasteiger partial charge in [-0.3, -0.25) is 24.0 Å². The van der Waals surface area contributed by atoms with Crippen molar-refractivity contribution in [1.82, 2.24) is 16.0 Å². The van der Waals surface area contributed by atoms with E-state index >= 15 is 0 Å². The minimum Gasteiger partial charge on any atom is -0.481 e. The van der Waals surface area contributed by atoms with Crippen LogP contribution in [0.1, 0.15) is 26.7 Å². The quantitative estimate of drug-likeness (QED) is 0.180. The van der Waals surface area contributed by atoms with Crippen LogP contribution < -0.4 is 21.7 Å². The van der Waals surface area contributed by atoms with Crippen LogP contribution in [0.4, 0.5) is 0 Å². The fraction of sp³-hybridized carbons (Fsp3) is 0.667. The molecular formula is C15H26N4O7S. The van der Waals surface area contributed by atoms with E-state index in [2.05, 4.69) is 28.6 Å². The van der Waals surface area contributed by atoms with E-state index in [1.54, 1.807) is 13.8 Å². The Hall–Kier alpha value is -2.34. The Morgan fingerprint density at radius 1 is 0.926 bits per heavy atom. The van der Waals surface area contributed by atoms with Gasteiger partial charge in [0, 0.05) is 12.2 Å². The van der Waals surface area contributed by atoms with Crippen LogP contribution in [-0.4, -0.2) is 70.3 Å². The number of thiol groups is 1. The van der Waals surface area contributed by atoms with Gasteiger partial charge >= 0.3 is 11.9 Å². The molecule has 0 aromatic heterocycles. The summed E-state index contributed by atoms with van der Waals surface area (Å²) in [5.74, 6) is -4.98. The van der Waals surface area contributed by atoms with Gasteiger partial charge in [-0.1, -0.05) is 13.8 Å². The molecule has 11 nitrogen and oxygen atoms in total. The summed E-state index contributed by atoms with van der Waals surface area (Å²) in [5.41, 5.74) is 5.72. The largest absolute Gasteiger partial charge is 0.481 e. The van der Waals surface area contributed by atoms with Gasteiger partial charge < -0.3 is 31.9 Å². The molecule has 0 aliphatic heterocycles. The van der Waals surface area contributed by atoms with Crippen LogP contribution in [0.15, 0.2) is 0 Å². The van der Waals surface area contributed by atoms with E-state index in [1.807, 2.05) is 0 Å². The zero-order valence-electron chi connectivity index (χ0n) is 15.1. The summed E-state index contributed by atoms with van der Waals surface area (Å²) >= 11 is 3.93. The van der Waals surface area contributed by atoms with Crippen molar-refractivity contribution in [2.24, 2.45) is 11.7 Å². The van der Waals surface area contributed by atoms with Crippen molar-refractivity contribution in [1.29, 1.82) is 0 Å². The molecule has 154 valence electrons. The number of aliphatic carboxylic acids is 2. The first-order valence-electron chi connectivity index (χ1n) is 8.18. The van der Waals surface area contributed by atoms with Gasteiger partial charge in [0.2, 0.25) is 17.7 Å². The fourth-order valence-electron chi connectivity index (χ4n) is 1.86. The number of hydrogen-bond acceptors (Lipinski definition) is 7. The molecule has 0 heterocycles. The number of carbonyl (C=O) groups excluding carboxylic acids is 3. The Bertz CT molecular complexity index is 570. The van der Waals surface area contributed by atoms with Crippen molar-refractivity contribution in [2.45, 2.75) is 44.8 Å². The lowest BCUT2D eigenvalue weighted by molar-refractivity contribution is -0.138. The SMILES string of the molecule is CC(C)C(N)C(=O)NC(CCC(=O)O)C(=O)NC(CS)C(=O)NCC(=O)O. The highest BCUT2D eigenvalue weighted by molar-refractivity contribution is 7.80. The second-order valence-electron chi connectivity index (χ2n) is 6.12. The van der Waals surface area contributed by atoms with Crippen LogP contribution in [0, 0.1) is 5.92 Å². The van der Waals surface area contributed by atoms with Crippen LogP contribution in [0.2, 0.25) is 0 Å². The van der Waals surface area contributed by atoms with E-state index in [-0.39, 0.29) is 18.1 Å². The number of nitrogens with one attached hydrogen (secondary N) is 3. The molecule has 0 spiro atoms. The number of hydrogen-bond donors (Lipinski definition) is 7. The highest BCUT2D eigenvalue weighted by atomic mass is 32.1. The molecule has 0 fully saturated rings. The number of carboxylic acid groups (broad SMARTS) is 2. The predicted octanol–water partition coefficient (Wildman–Crippen LogP) is -2.07. The Kier molecular flexibility index (Phi) is 11.1. The number of carboxylic acids is 2. The van der Waals surface area contributed by atoms with Crippen LogP contribution >= 0.6 is 12.6 Å². The highest BCUT2D eigenvalue weighted by Gasteiger charge is 2.28. The summed E-state index contributed by atoms with van der Waals surface area (Å²) in [5, 5.41) is 24.2. The third kappa shape index (κ3) is 9.80. The lowest BCUT2D eigenvalue weighted by atomic mass is 10.0. The van der Waals surface area contributed by atoms with Crippen molar-refractivity contribution >= 4 is 42.3 Å². The molecule has 0 aromatic rings. The Morgan fingerprint density at radius 3 is 1.93 bits per heavy atom. The Balaban J connectivity index is 5.08. The van der Waals surface area contributed by atoms with Gasteiger partial charge in [0.05, 0.1) is 6.04 Å². The van der Waals surface area contributed by atoms with E-state index in [0.717, 1.165) is 0 Å². The molecule has 12 heteroatoms. The molecule has 3 atom stereocenters. The molecule has 0 aliphatic rings. The zero-order chi connectivity index (χ0) is 21.1. The summed E-state index contributed by atoms with van der Waals surface area (Å²) in [7, 11) is 0. The molecule has 3 unspecified atom stereocenters. The predicted molar refractivity (Wildman–Crippen MR) is 98.0 cm³/mol. The summed E-state index contributed by atoms with van der Waals surface area (Å²) in [6.45, 7) is 2.78. The van der Waals surface area contributed by atoms with Gasteiger partial charge in [-0.25, -0.2) is 0 Å². The second kappa shape index (κ2) is 12.1. The maximum absolute atomic E-state index is 12.4. The molecule has 0 aromatic carbocycles. The van der Waals surface area contributed by atoms with Gasteiger partial charge in [0.25, 0.3) is 0 Å². The molecule has 0 aliphatic carbocycles. The van der Waals surface area contributed by atoms with Crippen LogP contribution in [-0.2, 0) is 24.0 Å². The molecule has 27 heavy (non-hydrogen) atoms. The second-order valence-corrected chi connectivity index (χ2v) is 6.48. The molecule has 0 saturated carbocycles. The average molecular weight is 406 g/mol. The Labute approximate surface area is 161 Å². The molecular weight excluding hydrogens is 380 g/mol. The van der Waals surface area contributed by atoms with Crippen LogP contribution in [0.5, 0.6) is 0 Å². The van der Waals surface area contributed by atoms with Crippen molar-refractivity contribution in [3.05, 3.63) is 0 Å². The molecule has 3 amide bonds. The number of nitrogens with two attached hydrogens (primary N) is 1. The van der Waals surface area contributed by atoms with Crippen LogP contribution in [0.25, 0.3) is 0 Å². The standard InChI is InChI=1S/C15H26N4O7S/c1-7(2)12(16)15(26)18-8(3-4-10(20)21)14(25)19-9(6-27)13(24)17-5-11(22)23/h7-9,12,27H,3-6,16H2,1-2H3,(H,17,24)(H,18,26)(H,19,25)(H,20,21)(H,22,23). The van der Waals surface area contributed by atoms with Crippen molar-refractivity contribution < 1.29 is 34.2 Å². The normalized spacial score (nSPS) is 14.0. The zero-order valence-corrected chi connectivity index (χ0v) is 16.0. The van der Waals surface area contributed by atoms with E-state index in [4.69, 9.17) is 15.9 Å². The summed E-state index contributed by atoms with van der Waals surface area (Å²) in [6, 6.07) is -3.29. The summed E-state index contributed by atoms with van der Waals surface area (Å²) in [6.07, 6.45) is -0.611. The lowest BCUT2D eigenvalue weighted by Crippen LogP contribution is -2.57. The summed E-state index contributed by atoms with van der Waals surface area (Å²) in [4.78, 5) is 57.7. The maximum Gasteiger partial charge on any atom is 0.322 e. The maximum atomic E-state index is 12.4. The van der Waals surface area contributed by atoms with Gasteiger partial charge in [-0.2, -0.15) is 12.6 Å². The van der Waals surface area contributed by atoms with E-state index in [0.29, 0.717) is 0 Å². The van der Waals surface area contributed by atoms with Crippen molar-refractivity contribution in [3.63, 3.8) is 0 Å². The molecule has 0 radical (unpaired) electrons. The number of amides is 3. The van der Waals surface area contributed by atoms with E-state index in [1.165, 1.54) is 0 Å². The van der Waals surface area contributed by atoms with Gasteiger partial charge in [-0.15, -0.1) is 0 Å². The van der Waals surface area contributed by atoms with Gasteiger partial charge in [0.15, 0.2) is 0 Å². The third-order valence-corrected chi connectivity index (χ3v) is 3.90. The van der Waals surface area contributed by atoms with Crippen molar-refractivity contribution in [3.8, 4) is 0 Å². The van der Waals surface area contributed by atoms with Gasteiger partial charge in [0.1, 0.15) is 18.6 Å². The molecule has 0 rings (SSSR count). The monoisotopic (exact) mass is 406 g/mol. The fourth-order valence-corrected chi connectivity index (χ4v) is 2.12. The summed E-state index contributed by atoms with van der Waals surface area (Å²) < 4.78 is 0. The first-order valence-corrected chi connectivity index (χ1v) is 8.81. The minimum absolute atomic E-state index is 0.137. The van der Waals surface area contributed by atoms with Gasteiger partial charge in [-0.05, 0) is 12.3 Å². The lowest BCUT2D eigenvalue weighted by Gasteiger charge is -2.24. The minimum atomic E-state index is -1.26. The molecule has 0 saturated heterocycles. The Morgan fingerprint density at radius 2 is 1.48 bits per heavy atom. The molecule has 7 N–H and O–H groups in total.